The first-order chi connectivity index (χ1) is 10.1. The fraction of sp³-hybridized carbons (Fsp3) is 0.133. The van der Waals surface area contributed by atoms with E-state index in [9.17, 15) is 4.79 Å². The van der Waals surface area contributed by atoms with Gasteiger partial charge in [0.1, 0.15) is 11.4 Å². The molecule has 0 radical (unpaired) electrons. The Hall–Kier alpha value is -2.89. The van der Waals surface area contributed by atoms with Crippen molar-refractivity contribution in [2.45, 2.75) is 0 Å². The van der Waals surface area contributed by atoms with Crippen LogP contribution < -0.4 is 15.8 Å². The second kappa shape index (κ2) is 6.51. The van der Waals surface area contributed by atoms with Crippen LogP contribution in [-0.2, 0) is 0 Å². The molecule has 0 fully saturated rings. The number of nitrogens with two attached hydrogens (primary N) is 1. The number of methoxy groups -OCH3 is 1. The normalized spacial score (nSPS) is 9.95. The number of aromatic nitrogens is 2. The number of nitrogens with one attached hydrogen (secondary N) is 1. The van der Waals surface area contributed by atoms with Crippen LogP contribution in [0.5, 0.6) is 5.75 Å². The third kappa shape index (κ3) is 3.56. The Morgan fingerprint density at radius 3 is 2.67 bits per heavy atom. The summed E-state index contributed by atoms with van der Waals surface area (Å²) in [7, 11) is 1.60. The van der Waals surface area contributed by atoms with Crippen LogP contribution >= 0.6 is 0 Å². The van der Waals surface area contributed by atoms with Crippen LogP contribution in [0.2, 0.25) is 0 Å². The number of hydrogen-bond acceptors (Lipinski definition) is 5. The summed E-state index contributed by atoms with van der Waals surface area (Å²) < 4.78 is 5.11. The van der Waals surface area contributed by atoms with Crippen molar-refractivity contribution in [3.8, 4) is 17.0 Å². The Bertz CT molecular complexity index is 653. The number of hydrogen-bond donors (Lipinski definition) is 2. The predicted molar refractivity (Wildman–Crippen MR) is 81.2 cm³/mol. The highest BCUT2D eigenvalue weighted by Crippen LogP contribution is 2.22. The van der Waals surface area contributed by atoms with Crippen molar-refractivity contribution in [1.82, 2.24) is 9.97 Å². The molecular formula is C15H16N4O2. The summed E-state index contributed by atoms with van der Waals surface area (Å²) in [6.45, 7) is 4.10. The Morgan fingerprint density at radius 2 is 2.10 bits per heavy atom. The third-order valence-corrected chi connectivity index (χ3v) is 2.77. The smallest absolute Gasteiger partial charge is 0.267 e. The van der Waals surface area contributed by atoms with Gasteiger partial charge >= 0.3 is 0 Å². The standard InChI is InChI=1S/C15H16N4O2/c1-3-8-17-15-18-12(9-13(19-15)14(16)20)10-4-6-11(21-2)7-5-10/h3-7,9H,1,8H2,2H3,(H2,16,20)(H,17,18,19). The lowest BCUT2D eigenvalue weighted by Gasteiger charge is -2.08. The minimum atomic E-state index is -0.603. The zero-order valence-electron chi connectivity index (χ0n) is 11.7. The van der Waals surface area contributed by atoms with Gasteiger partial charge in [-0.15, -0.1) is 6.58 Å². The molecule has 6 nitrogen and oxygen atoms in total. The van der Waals surface area contributed by atoms with Crippen LogP contribution in [0.3, 0.4) is 0 Å². The number of carbonyl (C=O) groups excluding carboxylic acids is 1. The third-order valence-electron chi connectivity index (χ3n) is 2.77. The van der Waals surface area contributed by atoms with Gasteiger partial charge in [0, 0.05) is 12.1 Å². The first kappa shape index (κ1) is 14.5. The van der Waals surface area contributed by atoms with Gasteiger partial charge in [-0.05, 0) is 30.3 Å². The lowest BCUT2D eigenvalue weighted by atomic mass is 10.1. The first-order valence-electron chi connectivity index (χ1n) is 6.32. The molecule has 1 amide bonds. The van der Waals surface area contributed by atoms with E-state index < -0.39 is 5.91 Å². The average molecular weight is 284 g/mol. The van der Waals surface area contributed by atoms with E-state index in [1.54, 1.807) is 19.3 Å². The molecule has 0 spiro atoms. The number of anilines is 1. The van der Waals surface area contributed by atoms with Crippen molar-refractivity contribution in [2.75, 3.05) is 19.0 Å². The topological polar surface area (TPSA) is 90.1 Å². The molecule has 6 heteroatoms. The predicted octanol–water partition coefficient (Wildman–Crippen LogP) is 1.85. The second-order valence-electron chi connectivity index (χ2n) is 4.22. The minimum absolute atomic E-state index is 0.155. The molecular weight excluding hydrogens is 268 g/mol. The summed E-state index contributed by atoms with van der Waals surface area (Å²) in [6, 6.07) is 8.89. The van der Waals surface area contributed by atoms with Crippen molar-refractivity contribution < 1.29 is 9.53 Å². The Kier molecular flexibility index (Phi) is 4.50. The molecule has 0 unspecified atom stereocenters. The van der Waals surface area contributed by atoms with Gasteiger partial charge in [0.15, 0.2) is 0 Å². The van der Waals surface area contributed by atoms with Crippen molar-refractivity contribution in [3.63, 3.8) is 0 Å². The molecule has 2 rings (SSSR count). The molecule has 0 aliphatic carbocycles. The average Bonchev–Trinajstić information content (AvgIpc) is 2.52. The maximum atomic E-state index is 11.4. The first-order valence-corrected chi connectivity index (χ1v) is 6.32. The fourth-order valence-electron chi connectivity index (χ4n) is 1.73. The molecule has 1 aromatic heterocycles. The van der Waals surface area contributed by atoms with E-state index in [-0.39, 0.29) is 5.69 Å². The number of primary amides is 1. The maximum Gasteiger partial charge on any atom is 0.267 e. The zero-order valence-corrected chi connectivity index (χ0v) is 11.7. The van der Waals surface area contributed by atoms with E-state index in [2.05, 4.69) is 21.9 Å². The van der Waals surface area contributed by atoms with Crippen LogP contribution in [0, 0.1) is 0 Å². The minimum Gasteiger partial charge on any atom is -0.497 e. The zero-order chi connectivity index (χ0) is 15.2. The largest absolute Gasteiger partial charge is 0.497 e. The number of nitrogens with zero attached hydrogens (tertiary/aromatic N) is 2. The van der Waals surface area contributed by atoms with Crippen molar-refractivity contribution in [2.24, 2.45) is 5.73 Å². The van der Waals surface area contributed by atoms with E-state index in [1.165, 1.54) is 0 Å². The molecule has 0 atom stereocenters. The van der Waals surface area contributed by atoms with E-state index in [4.69, 9.17) is 10.5 Å². The van der Waals surface area contributed by atoms with Gasteiger partial charge in [-0.25, -0.2) is 9.97 Å². The Morgan fingerprint density at radius 1 is 1.38 bits per heavy atom. The molecule has 21 heavy (non-hydrogen) atoms. The van der Waals surface area contributed by atoms with Crippen LogP contribution in [0.15, 0.2) is 43.0 Å². The van der Waals surface area contributed by atoms with Gasteiger partial charge in [0.2, 0.25) is 5.95 Å². The highest BCUT2D eigenvalue weighted by atomic mass is 16.5. The monoisotopic (exact) mass is 284 g/mol. The van der Waals surface area contributed by atoms with Crippen LogP contribution in [0.1, 0.15) is 10.5 Å². The lowest BCUT2D eigenvalue weighted by molar-refractivity contribution is 0.0995. The lowest BCUT2D eigenvalue weighted by Crippen LogP contribution is -2.15. The molecule has 2 aromatic rings. The molecule has 108 valence electrons. The van der Waals surface area contributed by atoms with Crippen LogP contribution in [0.4, 0.5) is 5.95 Å². The molecule has 1 heterocycles. The van der Waals surface area contributed by atoms with E-state index in [1.807, 2.05) is 24.3 Å². The van der Waals surface area contributed by atoms with Gasteiger partial charge < -0.3 is 15.8 Å². The Balaban J connectivity index is 2.42. The van der Waals surface area contributed by atoms with Crippen LogP contribution in [-0.4, -0.2) is 29.5 Å². The van der Waals surface area contributed by atoms with Crippen LogP contribution in [0.25, 0.3) is 11.3 Å². The van der Waals surface area contributed by atoms with Crippen molar-refractivity contribution in [3.05, 3.63) is 48.7 Å². The summed E-state index contributed by atoms with van der Waals surface area (Å²) in [5, 5.41) is 2.95. The summed E-state index contributed by atoms with van der Waals surface area (Å²) in [5.41, 5.74) is 6.90. The van der Waals surface area contributed by atoms with Gasteiger partial charge in [-0.2, -0.15) is 0 Å². The molecule has 0 saturated heterocycles. The molecule has 0 bridgehead atoms. The Labute approximate surface area is 122 Å². The highest BCUT2D eigenvalue weighted by molar-refractivity contribution is 5.92. The van der Waals surface area contributed by atoms with Crippen molar-refractivity contribution in [1.29, 1.82) is 0 Å². The summed E-state index contributed by atoms with van der Waals surface area (Å²) >= 11 is 0. The molecule has 1 aromatic carbocycles. The van der Waals surface area contributed by atoms with E-state index in [0.29, 0.717) is 18.2 Å². The SMILES string of the molecule is C=CCNc1nc(C(N)=O)cc(-c2ccc(OC)cc2)n1. The number of amides is 1. The molecule has 0 saturated carbocycles. The summed E-state index contributed by atoms with van der Waals surface area (Å²) in [5.74, 6) is 0.471. The van der Waals surface area contributed by atoms with Crippen molar-refractivity contribution >= 4 is 11.9 Å². The van der Waals surface area contributed by atoms with Gasteiger partial charge in [0.25, 0.3) is 5.91 Å². The molecule has 3 N–H and O–H groups in total. The molecule has 0 aliphatic rings. The quantitative estimate of drug-likeness (QED) is 0.790. The molecule has 0 aliphatic heterocycles. The number of carbonyl (C=O) groups is 1. The summed E-state index contributed by atoms with van der Waals surface area (Å²) in [6.07, 6.45) is 1.67. The van der Waals surface area contributed by atoms with E-state index >= 15 is 0 Å². The fourth-order valence-corrected chi connectivity index (χ4v) is 1.73. The number of ether oxygens (including phenoxy) is 1. The highest BCUT2D eigenvalue weighted by Gasteiger charge is 2.10. The number of benzene rings is 1. The number of rotatable bonds is 6. The summed E-state index contributed by atoms with van der Waals surface area (Å²) in [4.78, 5) is 19.8. The van der Waals surface area contributed by atoms with Gasteiger partial charge in [0.05, 0.1) is 12.8 Å². The van der Waals surface area contributed by atoms with Gasteiger partial charge in [-0.1, -0.05) is 6.08 Å². The second-order valence-corrected chi connectivity index (χ2v) is 4.22. The maximum absolute atomic E-state index is 11.4. The van der Waals surface area contributed by atoms with Gasteiger partial charge in [-0.3, -0.25) is 4.79 Å². The van der Waals surface area contributed by atoms with E-state index in [0.717, 1.165) is 11.3 Å².